The first-order chi connectivity index (χ1) is 6.24. The minimum atomic E-state index is -4.19. The van der Waals surface area contributed by atoms with Gasteiger partial charge in [0.1, 0.15) is 6.04 Å². The van der Waals surface area contributed by atoms with Crippen LogP contribution >= 0.6 is 7.82 Å². The molecule has 84 valence electrons. The second-order valence-corrected chi connectivity index (χ2v) is 4.27. The van der Waals surface area contributed by atoms with Crippen LogP contribution in [0.3, 0.4) is 0 Å². The maximum absolute atomic E-state index is 11.0. The summed E-state index contributed by atoms with van der Waals surface area (Å²) in [6.45, 7) is 2.52. The summed E-state index contributed by atoms with van der Waals surface area (Å²) in [5.74, 6) is -1.31. The number of carboxylic acids is 1. The second kappa shape index (κ2) is 5.43. The van der Waals surface area contributed by atoms with E-state index in [0.29, 0.717) is 0 Å². The fourth-order valence-electron chi connectivity index (χ4n) is 0.543. The Morgan fingerprint density at radius 3 is 2.43 bits per heavy atom. The van der Waals surface area contributed by atoms with Gasteiger partial charge in [0, 0.05) is 0 Å². The van der Waals surface area contributed by atoms with Crippen molar-refractivity contribution in [2.45, 2.75) is 26.0 Å². The third-order valence-electron chi connectivity index (χ3n) is 1.08. The summed E-state index contributed by atoms with van der Waals surface area (Å²) in [7, 11) is -4.19. The standard InChI is InChI=1S/C6H14NO6P/c1-4(2)13-14(10,11)12-3-5(7)6(8)9/h4-5H,3,7H2,1-2H3,(H,8,9)(H,10,11)/t5-/m0/s1. The maximum Gasteiger partial charge on any atom is 0.472 e. The van der Waals surface area contributed by atoms with Crippen molar-refractivity contribution in [3.05, 3.63) is 0 Å². The van der Waals surface area contributed by atoms with Gasteiger partial charge in [0.25, 0.3) is 0 Å². The van der Waals surface area contributed by atoms with Gasteiger partial charge in [-0.3, -0.25) is 13.8 Å². The van der Waals surface area contributed by atoms with Gasteiger partial charge < -0.3 is 15.7 Å². The topological polar surface area (TPSA) is 119 Å². The molecule has 0 heterocycles. The zero-order valence-electron chi connectivity index (χ0n) is 7.91. The first kappa shape index (κ1) is 13.5. The van der Waals surface area contributed by atoms with E-state index >= 15 is 0 Å². The van der Waals surface area contributed by atoms with Gasteiger partial charge in [-0.25, -0.2) is 4.57 Å². The molecule has 0 aliphatic rings. The van der Waals surface area contributed by atoms with Gasteiger partial charge in [0.15, 0.2) is 0 Å². The molecule has 0 radical (unpaired) electrons. The summed E-state index contributed by atoms with van der Waals surface area (Å²) in [4.78, 5) is 19.2. The summed E-state index contributed by atoms with van der Waals surface area (Å²) in [6, 6.07) is -1.34. The minimum Gasteiger partial charge on any atom is -0.480 e. The molecule has 0 saturated carbocycles. The van der Waals surface area contributed by atoms with E-state index in [1.807, 2.05) is 0 Å². The predicted octanol–water partition coefficient (Wildman–Crippen LogP) is -0.0597. The lowest BCUT2D eigenvalue weighted by atomic mass is 10.3. The average Bonchev–Trinajstić information content (AvgIpc) is 1.97. The minimum absolute atomic E-state index is 0.494. The van der Waals surface area contributed by atoms with Crippen LogP contribution in [0.4, 0.5) is 0 Å². The van der Waals surface area contributed by atoms with Crippen molar-refractivity contribution in [2.24, 2.45) is 5.73 Å². The van der Waals surface area contributed by atoms with Crippen LogP contribution in [0.2, 0.25) is 0 Å². The number of carboxylic acid groups (broad SMARTS) is 1. The van der Waals surface area contributed by atoms with E-state index < -0.39 is 32.5 Å². The van der Waals surface area contributed by atoms with E-state index in [9.17, 15) is 9.36 Å². The fourth-order valence-corrected chi connectivity index (χ4v) is 1.49. The van der Waals surface area contributed by atoms with Gasteiger partial charge in [0.2, 0.25) is 0 Å². The van der Waals surface area contributed by atoms with Crippen LogP contribution in [-0.4, -0.2) is 34.7 Å². The zero-order valence-corrected chi connectivity index (χ0v) is 8.81. The number of hydrogen-bond acceptors (Lipinski definition) is 5. The Labute approximate surface area is 81.4 Å². The Balaban J connectivity index is 3.99. The smallest absolute Gasteiger partial charge is 0.472 e. The molecule has 0 amide bonds. The molecule has 2 atom stereocenters. The van der Waals surface area contributed by atoms with Gasteiger partial charge in [-0.05, 0) is 13.8 Å². The molecule has 0 aliphatic carbocycles. The van der Waals surface area contributed by atoms with Crippen molar-refractivity contribution in [1.29, 1.82) is 0 Å². The molecule has 14 heavy (non-hydrogen) atoms. The van der Waals surface area contributed by atoms with E-state index in [4.69, 9.17) is 15.7 Å². The normalized spacial score (nSPS) is 17.8. The van der Waals surface area contributed by atoms with Gasteiger partial charge in [-0.15, -0.1) is 0 Å². The summed E-state index contributed by atoms with van der Waals surface area (Å²) in [6.07, 6.45) is -0.494. The van der Waals surface area contributed by atoms with Crippen LogP contribution < -0.4 is 5.73 Å². The van der Waals surface area contributed by atoms with E-state index in [1.165, 1.54) is 0 Å². The lowest BCUT2D eigenvalue weighted by Gasteiger charge is -2.15. The fraction of sp³-hybridized carbons (Fsp3) is 0.833. The predicted molar refractivity (Wildman–Crippen MR) is 47.6 cm³/mol. The number of aliphatic carboxylic acids is 1. The third-order valence-corrected chi connectivity index (χ3v) is 2.24. The molecule has 1 unspecified atom stereocenters. The maximum atomic E-state index is 11.0. The lowest BCUT2D eigenvalue weighted by Crippen LogP contribution is -2.34. The van der Waals surface area contributed by atoms with Crippen LogP contribution in [0.25, 0.3) is 0 Å². The monoisotopic (exact) mass is 227 g/mol. The third kappa shape index (κ3) is 6.06. The number of nitrogens with two attached hydrogens (primary N) is 1. The molecule has 8 heteroatoms. The van der Waals surface area contributed by atoms with Gasteiger partial charge >= 0.3 is 13.8 Å². The molecule has 0 rings (SSSR count). The lowest BCUT2D eigenvalue weighted by molar-refractivity contribution is -0.139. The highest BCUT2D eigenvalue weighted by Crippen LogP contribution is 2.44. The summed E-state index contributed by atoms with van der Waals surface area (Å²) in [5, 5.41) is 8.34. The number of rotatable bonds is 6. The van der Waals surface area contributed by atoms with E-state index in [1.54, 1.807) is 13.8 Å². The molecule has 0 aliphatic heterocycles. The van der Waals surface area contributed by atoms with Crippen molar-refractivity contribution in [1.82, 2.24) is 0 Å². The van der Waals surface area contributed by atoms with Crippen molar-refractivity contribution in [3.63, 3.8) is 0 Å². The molecule has 0 spiro atoms. The summed E-state index contributed by atoms with van der Waals surface area (Å²) in [5.41, 5.74) is 5.04. The molecular weight excluding hydrogens is 213 g/mol. The highest BCUT2D eigenvalue weighted by atomic mass is 31.2. The number of phosphoric ester groups is 1. The highest BCUT2D eigenvalue weighted by Gasteiger charge is 2.25. The van der Waals surface area contributed by atoms with Crippen LogP contribution in [-0.2, 0) is 18.4 Å². The Kier molecular flexibility index (Phi) is 5.25. The molecular formula is C6H14NO6P. The zero-order chi connectivity index (χ0) is 11.4. The molecule has 0 aromatic rings. The van der Waals surface area contributed by atoms with Gasteiger partial charge in [0.05, 0.1) is 12.7 Å². The Morgan fingerprint density at radius 1 is 1.57 bits per heavy atom. The highest BCUT2D eigenvalue weighted by molar-refractivity contribution is 7.47. The second-order valence-electron chi connectivity index (χ2n) is 2.86. The Morgan fingerprint density at radius 2 is 2.07 bits per heavy atom. The molecule has 0 fully saturated rings. The number of hydrogen-bond donors (Lipinski definition) is 3. The quantitative estimate of drug-likeness (QED) is 0.543. The molecule has 0 bridgehead atoms. The van der Waals surface area contributed by atoms with E-state index in [-0.39, 0.29) is 0 Å². The van der Waals surface area contributed by atoms with Crippen LogP contribution in [0, 0.1) is 0 Å². The first-order valence-electron chi connectivity index (χ1n) is 3.88. The van der Waals surface area contributed by atoms with E-state index in [2.05, 4.69) is 9.05 Å². The molecule has 0 aromatic carbocycles. The Bertz CT molecular complexity index is 242. The SMILES string of the molecule is CC(C)OP(=O)(O)OC[C@H](N)C(=O)O. The van der Waals surface area contributed by atoms with Crippen molar-refractivity contribution >= 4 is 13.8 Å². The van der Waals surface area contributed by atoms with Crippen molar-refractivity contribution in [2.75, 3.05) is 6.61 Å². The van der Waals surface area contributed by atoms with Gasteiger partial charge in [-0.2, -0.15) is 0 Å². The largest absolute Gasteiger partial charge is 0.480 e. The van der Waals surface area contributed by atoms with E-state index in [0.717, 1.165) is 0 Å². The first-order valence-corrected chi connectivity index (χ1v) is 5.38. The van der Waals surface area contributed by atoms with Crippen LogP contribution in [0.5, 0.6) is 0 Å². The molecule has 4 N–H and O–H groups in total. The number of carbonyl (C=O) groups is 1. The van der Waals surface area contributed by atoms with Crippen molar-refractivity contribution < 1.29 is 28.4 Å². The molecule has 0 saturated heterocycles. The summed E-state index contributed by atoms with van der Waals surface area (Å²) < 4.78 is 19.9. The van der Waals surface area contributed by atoms with Gasteiger partial charge in [-0.1, -0.05) is 0 Å². The average molecular weight is 227 g/mol. The number of phosphoric acid groups is 1. The molecule has 0 aromatic heterocycles. The Hall–Kier alpha value is -0.460. The van der Waals surface area contributed by atoms with Crippen LogP contribution in [0.15, 0.2) is 0 Å². The van der Waals surface area contributed by atoms with Crippen LogP contribution in [0.1, 0.15) is 13.8 Å². The molecule has 7 nitrogen and oxygen atoms in total. The van der Waals surface area contributed by atoms with Crippen molar-refractivity contribution in [3.8, 4) is 0 Å². The summed E-state index contributed by atoms with van der Waals surface area (Å²) >= 11 is 0.